The van der Waals surface area contributed by atoms with Gasteiger partial charge in [-0.15, -0.1) is 0 Å². The topological polar surface area (TPSA) is 114 Å². The molecule has 2 aliphatic carbocycles. The van der Waals surface area contributed by atoms with Gasteiger partial charge in [-0.25, -0.2) is 15.0 Å². The molecule has 3 aliphatic rings. The molecule has 3 aromatic rings. The molecule has 0 amide bonds. The van der Waals surface area contributed by atoms with Crippen molar-refractivity contribution in [2.75, 3.05) is 17.2 Å². The van der Waals surface area contributed by atoms with Gasteiger partial charge in [0.15, 0.2) is 5.89 Å². The highest BCUT2D eigenvalue weighted by Gasteiger charge is 2.40. The molecule has 8 heteroatoms. The number of hydrogen-bond donors (Lipinski definition) is 2. The van der Waals surface area contributed by atoms with Crippen molar-refractivity contribution in [1.82, 2.24) is 15.0 Å². The summed E-state index contributed by atoms with van der Waals surface area (Å²) >= 11 is 0. The third-order valence-corrected chi connectivity index (χ3v) is 6.52. The summed E-state index contributed by atoms with van der Waals surface area (Å²) in [5, 5.41) is 8.77. The van der Waals surface area contributed by atoms with Gasteiger partial charge in [-0.3, -0.25) is 5.41 Å². The van der Waals surface area contributed by atoms with Gasteiger partial charge < -0.3 is 19.8 Å². The number of nitrogens with zero attached hydrogens (tertiary/aromatic N) is 4. The van der Waals surface area contributed by atoms with Crippen LogP contribution >= 0.6 is 0 Å². The summed E-state index contributed by atoms with van der Waals surface area (Å²) in [5.41, 5.74) is 9.04. The van der Waals surface area contributed by atoms with Crippen molar-refractivity contribution < 1.29 is 9.15 Å². The van der Waals surface area contributed by atoms with Crippen LogP contribution in [0.3, 0.4) is 0 Å². The van der Waals surface area contributed by atoms with E-state index in [2.05, 4.69) is 21.8 Å². The molecule has 0 radical (unpaired) electrons. The second kappa shape index (κ2) is 7.05. The second-order valence-corrected chi connectivity index (χ2v) is 9.31. The van der Waals surface area contributed by atoms with Crippen molar-refractivity contribution in [1.29, 1.82) is 5.41 Å². The first-order valence-electron chi connectivity index (χ1n) is 11.2. The van der Waals surface area contributed by atoms with Crippen LogP contribution in [0.1, 0.15) is 67.1 Å². The third kappa shape index (κ3) is 3.59. The molecule has 2 aromatic heterocycles. The van der Waals surface area contributed by atoms with Gasteiger partial charge in [-0.05, 0) is 50.8 Å². The molecule has 0 saturated heterocycles. The largest absolute Gasteiger partial charge is 0.488 e. The van der Waals surface area contributed by atoms with Gasteiger partial charge in [0.1, 0.15) is 34.9 Å². The number of hydrogen-bond acceptors (Lipinski definition) is 8. The molecule has 1 aromatic carbocycles. The summed E-state index contributed by atoms with van der Waals surface area (Å²) in [5.74, 6) is 3.90. The lowest BCUT2D eigenvalue weighted by Gasteiger charge is -2.26. The zero-order valence-corrected chi connectivity index (χ0v) is 18.1. The molecule has 2 fully saturated rings. The van der Waals surface area contributed by atoms with Gasteiger partial charge >= 0.3 is 0 Å². The van der Waals surface area contributed by atoms with Crippen molar-refractivity contribution >= 4 is 17.2 Å². The van der Waals surface area contributed by atoms with E-state index in [1.165, 1.54) is 19.2 Å². The van der Waals surface area contributed by atoms with E-state index < -0.39 is 0 Å². The number of ether oxygens (including phenoxy) is 1. The van der Waals surface area contributed by atoms with Crippen LogP contribution in [0, 0.1) is 5.41 Å². The fourth-order valence-corrected chi connectivity index (χ4v) is 4.09. The van der Waals surface area contributed by atoms with E-state index in [4.69, 9.17) is 25.3 Å². The van der Waals surface area contributed by atoms with E-state index in [0.717, 1.165) is 54.7 Å². The Morgan fingerprint density at radius 1 is 1.25 bits per heavy atom. The zero-order valence-electron chi connectivity index (χ0n) is 18.1. The molecular weight excluding hydrogens is 404 g/mol. The van der Waals surface area contributed by atoms with Gasteiger partial charge in [0.25, 0.3) is 0 Å². The van der Waals surface area contributed by atoms with Crippen LogP contribution < -0.4 is 15.4 Å². The van der Waals surface area contributed by atoms with E-state index in [-0.39, 0.29) is 11.3 Å². The van der Waals surface area contributed by atoms with Gasteiger partial charge in [-0.2, -0.15) is 0 Å². The first-order valence-corrected chi connectivity index (χ1v) is 11.2. The van der Waals surface area contributed by atoms with Gasteiger partial charge in [0.05, 0.1) is 18.0 Å². The summed E-state index contributed by atoms with van der Waals surface area (Å²) in [6.07, 6.45) is 6.76. The Kier molecular flexibility index (Phi) is 4.25. The van der Waals surface area contributed by atoms with Crippen LogP contribution in [0.25, 0.3) is 0 Å². The molecule has 0 spiro atoms. The Morgan fingerprint density at radius 2 is 2.09 bits per heavy atom. The Morgan fingerprint density at radius 3 is 2.88 bits per heavy atom. The maximum atomic E-state index is 8.77. The van der Waals surface area contributed by atoms with Crippen molar-refractivity contribution in [3.05, 3.63) is 59.2 Å². The van der Waals surface area contributed by atoms with E-state index in [9.17, 15) is 0 Å². The van der Waals surface area contributed by atoms with Crippen LogP contribution in [0.5, 0.6) is 5.75 Å². The number of benzene rings is 1. The van der Waals surface area contributed by atoms with Crippen molar-refractivity contribution in [3.63, 3.8) is 0 Å². The number of aromatic nitrogens is 3. The summed E-state index contributed by atoms with van der Waals surface area (Å²) in [6.45, 7) is 3.54. The fraction of sp³-hybridized carbons (Fsp3) is 0.417. The van der Waals surface area contributed by atoms with Crippen molar-refractivity contribution in [3.8, 4) is 5.75 Å². The maximum absolute atomic E-state index is 8.77. The molecule has 0 bridgehead atoms. The summed E-state index contributed by atoms with van der Waals surface area (Å²) < 4.78 is 12.0. The molecule has 164 valence electrons. The van der Waals surface area contributed by atoms with E-state index in [0.29, 0.717) is 29.4 Å². The summed E-state index contributed by atoms with van der Waals surface area (Å²) in [6, 6.07) is 7.34. The first kappa shape index (κ1) is 19.3. The number of anilines is 2. The summed E-state index contributed by atoms with van der Waals surface area (Å²) in [7, 11) is 0. The maximum Gasteiger partial charge on any atom is 0.197 e. The number of nitrogens with one attached hydrogen (secondary N) is 1. The number of fused-ring (bicyclic) bond motifs is 1. The average molecular weight is 431 g/mol. The van der Waals surface area contributed by atoms with Crippen LogP contribution in [-0.2, 0) is 13.0 Å². The lowest BCUT2D eigenvalue weighted by molar-refractivity contribution is 0.200. The van der Waals surface area contributed by atoms with E-state index in [1.807, 2.05) is 18.2 Å². The van der Waals surface area contributed by atoms with Crippen LogP contribution in [0.4, 0.5) is 11.5 Å². The smallest absolute Gasteiger partial charge is 0.197 e. The Labute approximate surface area is 186 Å². The Bertz CT molecular complexity index is 1210. The normalized spacial score (nSPS) is 18.8. The molecule has 8 nitrogen and oxygen atoms in total. The molecule has 1 aliphatic heterocycles. The summed E-state index contributed by atoms with van der Waals surface area (Å²) in [4.78, 5) is 15.7. The quantitative estimate of drug-likeness (QED) is 0.451. The highest BCUT2D eigenvalue weighted by molar-refractivity contribution is 6.13. The minimum absolute atomic E-state index is 0.0920. The highest BCUT2D eigenvalue weighted by atomic mass is 16.5. The predicted molar refractivity (Wildman–Crippen MR) is 120 cm³/mol. The second-order valence-electron chi connectivity index (χ2n) is 9.31. The molecule has 2 saturated carbocycles. The van der Waals surface area contributed by atoms with Gasteiger partial charge in [0.2, 0.25) is 0 Å². The Hall–Kier alpha value is -3.42. The standard InChI is InChI=1S/C24H26N6O2/c1-24(7-8-24)32-15-4-5-17(25)16(10-15)22(26)18-11-21(28-13-27-18)30-9-6-20-19(12-30)29-23(31-20)14-2-3-14/h4-5,10-11,13-14,26H,2-3,6-9,12,25H2,1H3. The van der Waals surface area contributed by atoms with E-state index >= 15 is 0 Å². The highest BCUT2D eigenvalue weighted by Crippen LogP contribution is 2.41. The van der Waals surface area contributed by atoms with Crippen LogP contribution in [0.2, 0.25) is 0 Å². The molecule has 0 unspecified atom stereocenters. The molecule has 0 atom stereocenters. The first-order chi connectivity index (χ1) is 15.5. The van der Waals surface area contributed by atoms with Gasteiger partial charge in [0, 0.05) is 36.2 Å². The molecule has 6 rings (SSSR count). The number of oxazole rings is 1. The predicted octanol–water partition coefficient (Wildman–Crippen LogP) is 3.83. The molecule has 3 heterocycles. The van der Waals surface area contributed by atoms with Crippen molar-refractivity contribution in [2.45, 2.75) is 57.1 Å². The number of nitrogen functional groups attached to an aromatic ring is 1. The van der Waals surface area contributed by atoms with Crippen LogP contribution in [-0.4, -0.2) is 32.8 Å². The lowest BCUT2D eigenvalue weighted by Crippen LogP contribution is -2.31. The molecule has 3 N–H and O–H groups in total. The SMILES string of the molecule is CC1(Oc2ccc(N)c(C(=N)c3cc(N4CCc5oc(C6CC6)nc5C4)ncn3)c2)CC1. The Balaban J connectivity index is 1.24. The molecular formula is C24H26N6O2. The fourth-order valence-electron chi connectivity index (χ4n) is 4.09. The number of rotatable bonds is 6. The monoisotopic (exact) mass is 430 g/mol. The van der Waals surface area contributed by atoms with Crippen molar-refractivity contribution in [2.24, 2.45) is 0 Å². The minimum atomic E-state index is -0.0920. The lowest BCUT2D eigenvalue weighted by atomic mass is 10.0. The minimum Gasteiger partial charge on any atom is -0.488 e. The third-order valence-electron chi connectivity index (χ3n) is 6.52. The van der Waals surface area contributed by atoms with E-state index in [1.54, 1.807) is 6.07 Å². The average Bonchev–Trinajstić information content (AvgIpc) is 3.73. The number of nitrogens with two attached hydrogens (primary N) is 1. The molecule has 32 heavy (non-hydrogen) atoms. The zero-order chi connectivity index (χ0) is 21.9. The van der Waals surface area contributed by atoms with Crippen LogP contribution in [0.15, 0.2) is 35.0 Å². The van der Waals surface area contributed by atoms with Gasteiger partial charge in [-0.1, -0.05) is 0 Å².